The Labute approximate surface area is 220 Å². The topological polar surface area (TPSA) is 12.5 Å². The lowest BCUT2D eigenvalue weighted by molar-refractivity contribution is 0.340. The molecule has 0 aliphatic rings. The van der Waals surface area contributed by atoms with E-state index in [1.807, 2.05) is 6.92 Å². The SMILES string of the molecule is CCCCC(C)N(c1ccc(OCC)cc1)c1cccc(-c2cccc(C(C)(CCC)CCC)c2)c1. The van der Waals surface area contributed by atoms with Crippen LogP contribution in [0.15, 0.2) is 72.8 Å². The standard InChI is InChI=1S/C34H47NO/c1-7-11-14-27(5)35(31-19-21-33(22-20-31)36-10-4)32-18-13-16-29(26-32)28-15-12-17-30(25-28)34(6,23-8-2)24-9-3/h12-13,15-22,25-27H,7-11,14,23-24H2,1-6H3. The highest BCUT2D eigenvalue weighted by molar-refractivity contribution is 5.73. The minimum atomic E-state index is 0.236. The van der Waals surface area contributed by atoms with Crippen molar-refractivity contribution in [2.75, 3.05) is 11.5 Å². The molecule has 0 amide bonds. The molecule has 1 atom stereocenters. The average molecular weight is 486 g/mol. The predicted molar refractivity (Wildman–Crippen MR) is 158 cm³/mol. The number of benzene rings is 3. The van der Waals surface area contributed by atoms with Crippen LogP contribution in [0.1, 0.15) is 92.1 Å². The first kappa shape index (κ1) is 27.8. The van der Waals surface area contributed by atoms with Crippen molar-refractivity contribution in [2.24, 2.45) is 0 Å². The zero-order chi connectivity index (χ0) is 26.0. The van der Waals surface area contributed by atoms with Gasteiger partial charge in [0.05, 0.1) is 6.61 Å². The second kappa shape index (κ2) is 13.5. The first-order valence-electron chi connectivity index (χ1n) is 14.2. The van der Waals surface area contributed by atoms with E-state index in [2.05, 4.69) is 112 Å². The molecule has 0 fully saturated rings. The zero-order valence-electron chi connectivity index (χ0n) is 23.5. The van der Waals surface area contributed by atoms with E-state index < -0.39 is 0 Å². The number of hydrogen-bond donors (Lipinski definition) is 0. The summed E-state index contributed by atoms with van der Waals surface area (Å²) in [6.45, 7) is 14.4. The van der Waals surface area contributed by atoms with Gasteiger partial charge in [0, 0.05) is 17.4 Å². The van der Waals surface area contributed by atoms with E-state index in [4.69, 9.17) is 4.74 Å². The van der Waals surface area contributed by atoms with Crippen molar-refractivity contribution < 1.29 is 4.74 Å². The summed E-state index contributed by atoms with van der Waals surface area (Å²) in [5.41, 5.74) is 6.75. The van der Waals surface area contributed by atoms with Crippen molar-refractivity contribution in [3.63, 3.8) is 0 Å². The Kier molecular flexibility index (Phi) is 10.5. The van der Waals surface area contributed by atoms with Crippen molar-refractivity contribution in [1.29, 1.82) is 0 Å². The third-order valence-electron chi connectivity index (χ3n) is 7.46. The number of rotatable bonds is 14. The number of nitrogens with zero attached hydrogens (tertiary/aromatic N) is 1. The maximum absolute atomic E-state index is 5.70. The van der Waals surface area contributed by atoms with Gasteiger partial charge in [-0.25, -0.2) is 0 Å². The third kappa shape index (κ3) is 6.93. The van der Waals surface area contributed by atoms with Crippen LogP contribution < -0.4 is 9.64 Å². The summed E-state index contributed by atoms with van der Waals surface area (Å²) >= 11 is 0. The van der Waals surface area contributed by atoms with Crippen molar-refractivity contribution in [1.82, 2.24) is 0 Å². The lowest BCUT2D eigenvalue weighted by Crippen LogP contribution is -2.28. The first-order valence-corrected chi connectivity index (χ1v) is 14.2. The van der Waals surface area contributed by atoms with Gasteiger partial charge in [-0.3, -0.25) is 0 Å². The molecule has 3 aromatic carbocycles. The highest BCUT2D eigenvalue weighted by Gasteiger charge is 2.25. The Hall–Kier alpha value is -2.74. The van der Waals surface area contributed by atoms with Crippen molar-refractivity contribution >= 4 is 11.4 Å². The summed E-state index contributed by atoms with van der Waals surface area (Å²) in [6, 6.07) is 27.4. The predicted octanol–water partition coefficient (Wildman–Crippen LogP) is 10.3. The largest absolute Gasteiger partial charge is 0.494 e. The Morgan fingerprint density at radius 3 is 2.00 bits per heavy atom. The maximum Gasteiger partial charge on any atom is 0.119 e. The molecule has 2 nitrogen and oxygen atoms in total. The van der Waals surface area contributed by atoms with Gasteiger partial charge in [0.2, 0.25) is 0 Å². The molecule has 0 spiro atoms. The molecule has 194 valence electrons. The maximum atomic E-state index is 5.70. The van der Waals surface area contributed by atoms with Gasteiger partial charge in [0.1, 0.15) is 5.75 Å². The summed E-state index contributed by atoms with van der Waals surface area (Å²) in [6.07, 6.45) is 8.48. The van der Waals surface area contributed by atoms with Crippen LogP contribution in [-0.4, -0.2) is 12.6 Å². The number of anilines is 2. The molecule has 3 aromatic rings. The molecule has 0 aromatic heterocycles. The molecule has 2 heteroatoms. The minimum absolute atomic E-state index is 0.236. The smallest absolute Gasteiger partial charge is 0.119 e. The monoisotopic (exact) mass is 485 g/mol. The van der Waals surface area contributed by atoms with Crippen LogP contribution in [0.4, 0.5) is 11.4 Å². The van der Waals surface area contributed by atoms with Crippen LogP contribution in [-0.2, 0) is 5.41 Å². The summed E-state index contributed by atoms with van der Waals surface area (Å²) < 4.78 is 5.70. The van der Waals surface area contributed by atoms with Crippen LogP contribution in [0.5, 0.6) is 5.75 Å². The fraction of sp³-hybridized carbons (Fsp3) is 0.471. The van der Waals surface area contributed by atoms with E-state index >= 15 is 0 Å². The van der Waals surface area contributed by atoms with Crippen LogP contribution in [0.2, 0.25) is 0 Å². The highest BCUT2D eigenvalue weighted by Crippen LogP contribution is 2.37. The first-order chi connectivity index (χ1) is 17.5. The Balaban J connectivity index is 2.00. The molecule has 0 N–H and O–H groups in total. The Morgan fingerprint density at radius 2 is 1.39 bits per heavy atom. The molecule has 0 saturated heterocycles. The molecule has 0 aliphatic heterocycles. The van der Waals surface area contributed by atoms with Gasteiger partial charge in [0.15, 0.2) is 0 Å². The van der Waals surface area contributed by atoms with Gasteiger partial charge in [-0.05, 0) is 91.6 Å². The van der Waals surface area contributed by atoms with Crippen molar-refractivity contribution in [2.45, 2.75) is 97.9 Å². The molecule has 36 heavy (non-hydrogen) atoms. The molecule has 1 unspecified atom stereocenters. The number of unbranched alkanes of at least 4 members (excludes halogenated alkanes) is 1. The summed E-state index contributed by atoms with van der Waals surface area (Å²) in [5.74, 6) is 0.926. The van der Waals surface area contributed by atoms with E-state index in [0.717, 1.165) is 12.2 Å². The molecule has 0 heterocycles. The molecular formula is C34H47NO. The van der Waals surface area contributed by atoms with Crippen LogP contribution >= 0.6 is 0 Å². The molecule has 3 rings (SSSR count). The molecular weight excluding hydrogens is 438 g/mol. The van der Waals surface area contributed by atoms with Crippen LogP contribution in [0, 0.1) is 0 Å². The van der Waals surface area contributed by atoms with Gasteiger partial charge in [-0.2, -0.15) is 0 Å². The van der Waals surface area contributed by atoms with Gasteiger partial charge < -0.3 is 9.64 Å². The highest BCUT2D eigenvalue weighted by atomic mass is 16.5. The quantitative estimate of drug-likeness (QED) is 0.225. The number of ether oxygens (including phenoxy) is 1. The van der Waals surface area contributed by atoms with E-state index in [-0.39, 0.29) is 5.41 Å². The lowest BCUT2D eigenvalue weighted by atomic mass is 9.74. The van der Waals surface area contributed by atoms with Crippen molar-refractivity contribution in [3.8, 4) is 16.9 Å². The normalized spacial score (nSPS) is 12.4. The summed E-state index contributed by atoms with van der Waals surface area (Å²) in [5, 5.41) is 0. The molecule has 0 aliphatic carbocycles. The molecule has 0 radical (unpaired) electrons. The Morgan fingerprint density at radius 1 is 0.750 bits per heavy atom. The second-order valence-corrected chi connectivity index (χ2v) is 10.5. The lowest BCUT2D eigenvalue weighted by Gasteiger charge is -2.32. The van der Waals surface area contributed by atoms with Crippen LogP contribution in [0.3, 0.4) is 0 Å². The molecule has 0 bridgehead atoms. The average Bonchev–Trinajstić information content (AvgIpc) is 2.89. The van der Waals surface area contributed by atoms with Gasteiger partial charge >= 0.3 is 0 Å². The summed E-state index contributed by atoms with van der Waals surface area (Å²) in [4.78, 5) is 2.50. The van der Waals surface area contributed by atoms with E-state index in [0.29, 0.717) is 12.6 Å². The Bertz CT molecular complexity index is 1050. The minimum Gasteiger partial charge on any atom is -0.494 e. The molecule has 0 saturated carbocycles. The second-order valence-electron chi connectivity index (χ2n) is 10.5. The van der Waals surface area contributed by atoms with E-state index in [9.17, 15) is 0 Å². The number of hydrogen-bond acceptors (Lipinski definition) is 2. The van der Waals surface area contributed by atoms with Gasteiger partial charge in [0.25, 0.3) is 0 Å². The fourth-order valence-corrected chi connectivity index (χ4v) is 5.58. The van der Waals surface area contributed by atoms with Gasteiger partial charge in [-0.15, -0.1) is 0 Å². The van der Waals surface area contributed by atoms with Gasteiger partial charge in [-0.1, -0.05) is 89.8 Å². The van der Waals surface area contributed by atoms with E-state index in [1.165, 1.54) is 66.6 Å². The summed E-state index contributed by atoms with van der Waals surface area (Å²) in [7, 11) is 0. The van der Waals surface area contributed by atoms with Crippen molar-refractivity contribution in [3.05, 3.63) is 78.4 Å². The zero-order valence-corrected chi connectivity index (χ0v) is 23.5. The van der Waals surface area contributed by atoms with E-state index in [1.54, 1.807) is 0 Å². The third-order valence-corrected chi connectivity index (χ3v) is 7.46. The van der Waals surface area contributed by atoms with Crippen LogP contribution in [0.25, 0.3) is 11.1 Å². The fourth-order valence-electron chi connectivity index (χ4n) is 5.58.